The monoisotopic (exact) mass is 205 g/mol. The van der Waals surface area contributed by atoms with Gasteiger partial charge in [-0.1, -0.05) is 0 Å². The quantitative estimate of drug-likeness (QED) is 0.660. The summed E-state index contributed by atoms with van der Waals surface area (Å²) >= 11 is 1.83. The molecule has 1 saturated heterocycles. The summed E-state index contributed by atoms with van der Waals surface area (Å²) in [6.07, 6.45) is 2.48. The van der Waals surface area contributed by atoms with Crippen molar-refractivity contribution >= 4 is 11.8 Å². The van der Waals surface area contributed by atoms with Crippen LogP contribution in [0.3, 0.4) is 0 Å². The molecular weight excluding hydrogens is 186 g/mol. The van der Waals surface area contributed by atoms with Gasteiger partial charge in [-0.15, -0.1) is 0 Å². The van der Waals surface area contributed by atoms with Gasteiger partial charge in [-0.05, 0) is 25.0 Å². The van der Waals surface area contributed by atoms with E-state index in [-0.39, 0.29) is 6.04 Å². The lowest BCUT2D eigenvalue weighted by molar-refractivity contribution is -0.000138. The zero-order chi connectivity index (χ0) is 9.73. The molecule has 0 bridgehead atoms. The summed E-state index contributed by atoms with van der Waals surface area (Å²) < 4.78 is 4.96. The Morgan fingerprint density at radius 3 is 3.08 bits per heavy atom. The largest absolute Gasteiger partial charge is 0.388 e. The number of nitrogens with two attached hydrogens (primary N) is 1. The molecule has 0 aromatic heterocycles. The normalized spacial score (nSPS) is 34.8. The third-order valence-electron chi connectivity index (χ3n) is 2.63. The van der Waals surface area contributed by atoms with Crippen molar-refractivity contribution in [2.45, 2.75) is 30.9 Å². The average molecular weight is 205 g/mol. The molecule has 3 nitrogen and oxygen atoms in total. The maximum Gasteiger partial charge on any atom is 0.0814 e. The second-order valence-corrected chi connectivity index (χ2v) is 4.78. The van der Waals surface area contributed by atoms with Crippen LogP contribution in [-0.4, -0.2) is 42.0 Å². The first-order valence-electron chi connectivity index (χ1n) is 4.74. The molecule has 1 rings (SSSR count). The summed E-state index contributed by atoms with van der Waals surface area (Å²) in [4.78, 5) is 0. The van der Waals surface area contributed by atoms with E-state index in [1.165, 1.54) is 0 Å². The van der Waals surface area contributed by atoms with E-state index in [2.05, 4.69) is 0 Å². The smallest absolute Gasteiger partial charge is 0.0814 e. The fourth-order valence-corrected chi connectivity index (χ4v) is 2.86. The molecule has 0 aromatic carbocycles. The Labute approximate surface area is 84.0 Å². The molecule has 2 atom stereocenters. The van der Waals surface area contributed by atoms with E-state index < -0.39 is 5.60 Å². The molecule has 78 valence electrons. The molecule has 13 heavy (non-hydrogen) atoms. The van der Waals surface area contributed by atoms with Crippen molar-refractivity contribution in [3.05, 3.63) is 0 Å². The highest BCUT2D eigenvalue weighted by molar-refractivity contribution is 7.99. The summed E-state index contributed by atoms with van der Waals surface area (Å²) in [5, 5.41) is 10.2. The van der Waals surface area contributed by atoms with E-state index in [9.17, 15) is 5.11 Å². The van der Waals surface area contributed by atoms with Crippen molar-refractivity contribution in [1.82, 2.24) is 0 Å². The van der Waals surface area contributed by atoms with Crippen LogP contribution in [0.5, 0.6) is 0 Å². The maximum atomic E-state index is 10.2. The topological polar surface area (TPSA) is 55.5 Å². The Morgan fingerprint density at radius 2 is 2.46 bits per heavy atom. The van der Waals surface area contributed by atoms with Crippen LogP contribution in [0.25, 0.3) is 0 Å². The number of ether oxygens (including phenoxy) is 1. The fraction of sp³-hybridized carbons (Fsp3) is 1.00. The summed E-state index contributed by atoms with van der Waals surface area (Å²) in [5.41, 5.74) is 5.25. The minimum Gasteiger partial charge on any atom is -0.388 e. The van der Waals surface area contributed by atoms with Crippen molar-refractivity contribution in [2.24, 2.45) is 5.73 Å². The molecule has 0 aliphatic carbocycles. The first-order chi connectivity index (χ1) is 6.19. The van der Waals surface area contributed by atoms with Gasteiger partial charge in [0.25, 0.3) is 0 Å². The van der Waals surface area contributed by atoms with E-state index >= 15 is 0 Å². The average Bonchev–Trinajstić information content (AvgIpc) is 2.11. The first-order valence-corrected chi connectivity index (χ1v) is 5.89. The molecular formula is C9H19NO2S. The molecule has 3 N–H and O–H groups in total. The molecule has 1 fully saturated rings. The molecule has 0 amide bonds. The van der Waals surface area contributed by atoms with E-state index in [1.54, 1.807) is 7.11 Å². The van der Waals surface area contributed by atoms with Gasteiger partial charge in [-0.25, -0.2) is 0 Å². The van der Waals surface area contributed by atoms with Crippen LogP contribution in [0.2, 0.25) is 0 Å². The van der Waals surface area contributed by atoms with Crippen molar-refractivity contribution < 1.29 is 9.84 Å². The Balaban J connectivity index is 2.33. The molecule has 4 heteroatoms. The highest BCUT2D eigenvalue weighted by atomic mass is 32.2. The second kappa shape index (κ2) is 5.20. The maximum absolute atomic E-state index is 10.2. The van der Waals surface area contributed by atoms with Crippen LogP contribution in [0.4, 0.5) is 0 Å². The van der Waals surface area contributed by atoms with Gasteiger partial charge in [0.15, 0.2) is 0 Å². The van der Waals surface area contributed by atoms with Crippen LogP contribution in [-0.2, 0) is 4.74 Å². The zero-order valence-corrected chi connectivity index (χ0v) is 8.98. The third kappa shape index (κ3) is 3.13. The zero-order valence-electron chi connectivity index (χ0n) is 8.16. The number of rotatable bonds is 4. The first kappa shape index (κ1) is 11.3. The van der Waals surface area contributed by atoms with E-state index in [0.29, 0.717) is 6.61 Å². The highest BCUT2D eigenvalue weighted by Crippen LogP contribution is 2.29. The van der Waals surface area contributed by atoms with Gasteiger partial charge in [0.1, 0.15) is 0 Å². The lowest BCUT2D eigenvalue weighted by Crippen LogP contribution is -2.52. The van der Waals surface area contributed by atoms with E-state index in [1.807, 2.05) is 11.8 Å². The summed E-state index contributed by atoms with van der Waals surface area (Å²) in [6, 6.07) is -0.0666. The summed E-state index contributed by atoms with van der Waals surface area (Å²) in [7, 11) is 1.68. The lowest BCUT2D eigenvalue weighted by atomic mass is 9.87. The number of methoxy groups -OCH3 is 1. The van der Waals surface area contributed by atoms with Gasteiger partial charge >= 0.3 is 0 Å². The molecule has 1 heterocycles. The van der Waals surface area contributed by atoms with Gasteiger partial charge in [0.05, 0.1) is 5.60 Å². The molecule has 0 saturated carbocycles. The van der Waals surface area contributed by atoms with Crippen LogP contribution in [0, 0.1) is 0 Å². The standard InChI is InChI=1S/C9H19NO2S/c1-12-5-2-3-9(11)4-6-13-7-8(9)10/h8,11H,2-7,10H2,1H3. The van der Waals surface area contributed by atoms with E-state index in [0.717, 1.165) is 30.8 Å². The van der Waals surface area contributed by atoms with Crippen LogP contribution in [0.15, 0.2) is 0 Å². The molecule has 0 aromatic rings. The van der Waals surface area contributed by atoms with Gasteiger partial charge < -0.3 is 15.6 Å². The predicted molar refractivity (Wildman–Crippen MR) is 56.0 cm³/mol. The lowest BCUT2D eigenvalue weighted by Gasteiger charge is -2.37. The predicted octanol–water partition coefficient (Wildman–Crippen LogP) is 0.608. The highest BCUT2D eigenvalue weighted by Gasteiger charge is 2.36. The molecule has 1 aliphatic heterocycles. The number of hydrogen-bond donors (Lipinski definition) is 2. The summed E-state index contributed by atoms with van der Waals surface area (Å²) in [6.45, 7) is 0.710. The Hall–Kier alpha value is 0.230. The van der Waals surface area contributed by atoms with Crippen LogP contribution >= 0.6 is 11.8 Å². The molecule has 0 radical (unpaired) electrons. The van der Waals surface area contributed by atoms with Gasteiger partial charge in [0.2, 0.25) is 0 Å². The van der Waals surface area contributed by atoms with Crippen LogP contribution < -0.4 is 5.73 Å². The minimum absolute atomic E-state index is 0.0666. The molecule has 0 spiro atoms. The summed E-state index contributed by atoms with van der Waals surface area (Å²) in [5.74, 6) is 1.90. The van der Waals surface area contributed by atoms with Crippen molar-refractivity contribution in [3.63, 3.8) is 0 Å². The fourth-order valence-electron chi connectivity index (χ4n) is 1.63. The van der Waals surface area contributed by atoms with Crippen molar-refractivity contribution in [1.29, 1.82) is 0 Å². The van der Waals surface area contributed by atoms with E-state index in [4.69, 9.17) is 10.5 Å². The number of thioether (sulfide) groups is 1. The third-order valence-corrected chi connectivity index (χ3v) is 3.71. The second-order valence-electron chi connectivity index (χ2n) is 3.63. The van der Waals surface area contributed by atoms with Gasteiger partial charge in [-0.2, -0.15) is 11.8 Å². The van der Waals surface area contributed by atoms with Crippen molar-refractivity contribution in [2.75, 3.05) is 25.2 Å². The molecule has 1 aliphatic rings. The minimum atomic E-state index is -0.635. The molecule has 2 unspecified atom stereocenters. The SMILES string of the molecule is COCCCC1(O)CCSCC1N. The van der Waals surface area contributed by atoms with Gasteiger partial charge in [-0.3, -0.25) is 0 Å². The Morgan fingerprint density at radius 1 is 1.69 bits per heavy atom. The van der Waals surface area contributed by atoms with Crippen molar-refractivity contribution in [3.8, 4) is 0 Å². The van der Waals surface area contributed by atoms with Gasteiger partial charge in [0, 0.05) is 25.5 Å². The number of hydrogen-bond acceptors (Lipinski definition) is 4. The number of aliphatic hydroxyl groups is 1. The Kier molecular flexibility index (Phi) is 4.52. The van der Waals surface area contributed by atoms with Crippen LogP contribution in [0.1, 0.15) is 19.3 Å². The Bertz CT molecular complexity index is 157.